The van der Waals surface area contributed by atoms with Crippen molar-refractivity contribution in [2.75, 3.05) is 23.9 Å². The van der Waals surface area contributed by atoms with Crippen LogP contribution in [0.2, 0.25) is 0 Å². The molecule has 2 aliphatic rings. The summed E-state index contributed by atoms with van der Waals surface area (Å²) in [4.78, 5) is 15.7. The van der Waals surface area contributed by atoms with Crippen LogP contribution in [0, 0.1) is 12.8 Å². The predicted molar refractivity (Wildman–Crippen MR) is 101 cm³/mol. The smallest absolute Gasteiger partial charge is 0.157 e. The number of aromatic nitrogens is 2. The van der Waals surface area contributed by atoms with Gasteiger partial charge in [-0.1, -0.05) is 25.1 Å². The fourth-order valence-electron chi connectivity index (χ4n) is 4.05. The summed E-state index contributed by atoms with van der Waals surface area (Å²) in [5.41, 5.74) is 3.51. The molecule has 0 amide bonds. The van der Waals surface area contributed by atoms with Crippen LogP contribution in [0.15, 0.2) is 49.2 Å². The molecule has 6 nitrogen and oxygen atoms in total. The van der Waals surface area contributed by atoms with E-state index in [1.54, 1.807) is 6.33 Å². The summed E-state index contributed by atoms with van der Waals surface area (Å²) in [6.45, 7) is 4.44. The van der Waals surface area contributed by atoms with Crippen molar-refractivity contribution in [3.05, 3.63) is 54.8 Å². The maximum absolute atomic E-state index is 4.55. The zero-order chi connectivity index (χ0) is 17.6. The van der Waals surface area contributed by atoms with E-state index >= 15 is 0 Å². The average Bonchev–Trinajstić information content (AvgIpc) is 3.17. The van der Waals surface area contributed by atoms with E-state index in [0.29, 0.717) is 5.92 Å². The van der Waals surface area contributed by atoms with Crippen LogP contribution in [0.4, 0.5) is 17.2 Å². The molecule has 1 aromatic heterocycles. The van der Waals surface area contributed by atoms with E-state index in [0.717, 1.165) is 11.5 Å². The lowest BCUT2D eigenvalue weighted by Crippen LogP contribution is -2.53. The van der Waals surface area contributed by atoms with Crippen molar-refractivity contribution in [1.29, 1.82) is 0 Å². The van der Waals surface area contributed by atoms with Gasteiger partial charge in [0.05, 0.1) is 6.20 Å². The summed E-state index contributed by atoms with van der Waals surface area (Å²) >= 11 is 0. The topological polar surface area (TPSA) is 47.5 Å². The number of rotatable bonds is 3. The van der Waals surface area contributed by atoms with E-state index in [1.165, 1.54) is 11.3 Å². The van der Waals surface area contributed by atoms with Crippen LogP contribution in [-0.2, 0) is 0 Å². The van der Waals surface area contributed by atoms with Gasteiger partial charge >= 0.3 is 0 Å². The molecule has 25 heavy (non-hydrogen) atoms. The van der Waals surface area contributed by atoms with Crippen LogP contribution >= 0.6 is 0 Å². The zero-order valence-electron chi connectivity index (χ0n) is 15.1. The Labute approximate surface area is 148 Å². The van der Waals surface area contributed by atoms with Gasteiger partial charge in [-0.05, 0) is 18.6 Å². The van der Waals surface area contributed by atoms with Gasteiger partial charge in [0.15, 0.2) is 5.82 Å². The first-order chi connectivity index (χ1) is 12.1. The molecular weight excluding hydrogens is 312 g/mol. The minimum absolute atomic E-state index is 0.146. The van der Waals surface area contributed by atoms with Gasteiger partial charge in [-0.25, -0.2) is 9.97 Å². The summed E-state index contributed by atoms with van der Waals surface area (Å²) in [7, 11) is 4.23. The van der Waals surface area contributed by atoms with Gasteiger partial charge in [0.25, 0.3) is 0 Å². The fourth-order valence-corrected chi connectivity index (χ4v) is 4.05. The Morgan fingerprint density at radius 3 is 2.68 bits per heavy atom. The molecule has 1 N–H and O–H groups in total. The molecule has 2 aromatic rings. The normalized spacial score (nSPS) is 23.0. The SMILES string of the molecule is Cc1ccccc1N1c2cncnc2N(C)C1C(C)C1NC=CN1C. The summed E-state index contributed by atoms with van der Waals surface area (Å²) in [5.74, 6) is 1.29. The van der Waals surface area contributed by atoms with Crippen molar-refractivity contribution in [2.45, 2.75) is 26.2 Å². The van der Waals surface area contributed by atoms with Crippen LogP contribution in [0.3, 0.4) is 0 Å². The summed E-state index contributed by atoms with van der Waals surface area (Å²) in [6, 6.07) is 8.50. The number of hydrogen-bond acceptors (Lipinski definition) is 6. The van der Waals surface area contributed by atoms with Gasteiger partial charge in [0, 0.05) is 38.1 Å². The molecule has 2 aliphatic heterocycles. The highest BCUT2D eigenvalue weighted by atomic mass is 15.5. The van der Waals surface area contributed by atoms with Crippen molar-refractivity contribution < 1.29 is 0 Å². The van der Waals surface area contributed by atoms with Crippen molar-refractivity contribution >= 4 is 17.2 Å². The van der Waals surface area contributed by atoms with Crippen molar-refractivity contribution in [3.8, 4) is 0 Å². The Hall–Kier alpha value is -2.76. The Balaban J connectivity index is 1.80. The van der Waals surface area contributed by atoms with Gasteiger partial charge in [0.1, 0.15) is 24.3 Å². The third-order valence-electron chi connectivity index (χ3n) is 5.29. The number of aryl methyl sites for hydroxylation is 1. The fraction of sp³-hybridized carbons (Fsp3) is 0.368. The highest BCUT2D eigenvalue weighted by molar-refractivity contribution is 5.81. The molecule has 130 valence electrons. The Bertz CT molecular complexity index is 804. The molecule has 0 saturated heterocycles. The highest BCUT2D eigenvalue weighted by Crippen LogP contribution is 2.45. The molecule has 0 aliphatic carbocycles. The first kappa shape index (κ1) is 15.7. The lowest BCUT2D eigenvalue weighted by atomic mass is 10.0. The Kier molecular flexibility index (Phi) is 3.75. The maximum Gasteiger partial charge on any atom is 0.157 e. The van der Waals surface area contributed by atoms with Crippen LogP contribution < -0.4 is 15.1 Å². The largest absolute Gasteiger partial charge is 0.370 e. The number of fused-ring (bicyclic) bond motifs is 1. The van der Waals surface area contributed by atoms with Crippen molar-refractivity contribution in [1.82, 2.24) is 20.2 Å². The molecule has 3 heterocycles. The quantitative estimate of drug-likeness (QED) is 0.930. The number of anilines is 3. The molecule has 3 atom stereocenters. The minimum atomic E-state index is 0.146. The van der Waals surface area contributed by atoms with Crippen LogP contribution in [0.25, 0.3) is 0 Å². The number of nitrogens with zero attached hydrogens (tertiary/aromatic N) is 5. The summed E-state index contributed by atoms with van der Waals surface area (Å²) < 4.78 is 0. The van der Waals surface area contributed by atoms with Crippen molar-refractivity contribution in [2.24, 2.45) is 5.92 Å². The molecule has 0 radical (unpaired) electrons. The van der Waals surface area contributed by atoms with Gasteiger partial charge in [-0.15, -0.1) is 0 Å². The Morgan fingerprint density at radius 2 is 1.96 bits per heavy atom. The second-order valence-electron chi connectivity index (χ2n) is 6.86. The third-order valence-corrected chi connectivity index (χ3v) is 5.29. The third kappa shape index (κ3) is 2.40. The first-order valence-electron chi connectivity index (χ1n) is 8.62. The van der Waals surface area contributed by atoms with Crippen molar-refractivity contribution in [3.63, 3.8) is 0 Å². The zero-order valence-corrected chi connectivity index (χ0v) is 15.1. The average molecular weight is 336 g/mol. The van der Waals surface area contributed by atoms with E-state index in [4.69, 9.17) is 0 Å². The van der Waals surface area contributed by atoms with Gasteiger partial charge < -0.3 is 20.0 Å². The van der Waals surface area contributed by atoms with Crippen LogP contribution in [0.1, 0.15) is 12.5 Å². The van der Waals surface area contributed by atoms with Gasteiger partial charge in [0.2, 0.25) is 0 Å². The lowest BCUT2D eigenvalue weighted by molar-refractivity contribution is 0.218. The molecule has 3 unspecified atom stereocenters. The predicted octanol–water partition coefficient (Wildman–Crippen LogP) is 2.67. The molecule has 0 spiro atoms. The number of benzene rings is 1. The molecular formula is C19H24N6. The molecule has 1 aromatic carbocycles. The van der Waals surface area contributed by atoms with Gasteiger partial charge in [-0.3, -0.25) is 0 Å². The first-order valence-corrected chi connectivity index (χ1v) is 8.62. The van der Waals surface area contributed by atoms with E-state index in [2.05, 4.69) is 88.4 Å². The molecule has 0 fully saturated rings. The van der Waals surface area contributed by atoms with E-state index in [9.17, 15) is 0 Å². The van der Waals surface area contributed by atoms with Crippen LogP contribution in [-0.4, -0.2) is 41.3 Å². The second-order valence-corrected chi connectivity index (χ2v) is 6.86. The molecule has 4 rings (SSSR count). The van der Waals surface area contributed by atoms with E-state index < -0.39 is 0 Å². The molecule has 0 saturated carbocycles. The monoisotopic (exact) mass is 336 g/mol. The number of para-hydroxylation sites is 1. The Morgan fingerprint density at radius 1 is 1.16 bits per heavy atom. The molecule has 0 bridgehead atoms. The number of hydrogen-bond donors (Lipinski definition) is 1. The summed E-state index contributed by atoms with van der Waals surface area (Å²) in [5, 5.41) is 3.47. The second kappa shape index (κ2) is 5.95. The molecule has 6 heteroatoms. The maximum atomic E-state index is 4.55. The van der Waals surface area contributed by atoms with E-state index in [1.807, 2.05) is 12.4 Å². The van der Waals surface area contributed by atoms with E-state index in [-0.39, 0.29) is 12.3 Å². The van der Waals surface area contributed by atoms with Gasteiger partial charge in [-0.2, -0.15) is 0 Å². The van der Waals surface area contributed by atoms with Crippen LogP contribution in [0.5, 0.6) is 0 Å². The minimum Gasteiger partial charge on any atom is -0.370 e. The number of nitrogens with one attached hydrogen (secondary N) is 1. The summed E-state index contributed by atoms with van der Waals surface area (Å²) in [6.07, 6.45) is 8.03. The highest BCUT2D eigenvalue weighted by Gasteiger charge is 2.43. The standard InChI is InChI=1S/C19H24N6/c1-13-7-5-6-8-15(13)25-16-11-20-12-22-18(16)24(4)19(25)14(2)17-21-9-10-23(17)3/h5-12,14,17,19,21H,1-4H3. The lowest BCUT2D eigenvalue weighted by Gasteiger charge is -2.40.